The first-order valence-corrected chi connectivity index (χ1v) is 7.11. The van der Waals surface area contributed by atoms with Crippen LogP contribution in [0.15, 0.2) is 48.8 Å². The first-order chi connectivity index (χ1) is 10.6. The Morgan fingerprint density at radius 1 is 1.27 bits per heavy atom. The van der Waals surface area contributed by atoms with E-state index in [4.69, 9.17) is 0 Å². The first-order valence-electron chi connectivity index (χ1n) is 7.11. The number of nitrogens with zero attached hydrogens (tertiary/aromatic N) is 4. The first kappa shape index (κ1) is 14.3. The lowest BCUT2D eigenvalue weighted by molar-refractivity contribution is -0.116. The van der Waals surface area contributed by atoms with Crippen LogP contribution in [-0.2, 0) is 4.79 Å². The van der Waals surface area contributed by atoms with Crippen LogP contribution in [0.1, 0.15) is 23.9 Å². The van der Waals surface area contributed by atoms with Gasteiger partial charge in [-0.3, -0.25) is 4.79 Å². The van der Waals surface area contributed by atoms with Gasteiger partial charge in [-0.25, -0.2) is 9.67 Å². The van der Waals surface area contributed by atoms with Crippen LogP contribution in [0.25, 0.3) is 0 Å². The highest BCUT2D eigenvalue weighted by Crippen LogP contribution is 2.39. The van der Waals surface area contributed by atoms with Crippen LogP contribution in [0.4, 0.5) is 5.69 Å². The Kier molecular flexibility index (Phi) is 3.66. The second kappa shape index (κ2) is 5.63. The predicted molar refractivity (Wildman–Crippen MR) is 82.9 cm³/mol. The summed E-state index contributed by atoms with van der Waals surface area (Å²) in [4.78, 5) is 17.8. The lowest BCUT2D eigenvalue weighted by atomic mass is 9.82. The van der Waals surface area contributed by atoms with Crippen molar-refractivity contribution in [2.24, 2.45) is 0 Å². The molecule has 0 amide bonds. The zero-order valence-corrected chi connectivity index (χ0v) is 12.5. The van der Waals surface area contributed by atoms with Crippen LogP contribution < -0.4 is 4.90 Å². The van der Waals surface area contributed by atoms with E-state index < -0.39 is 6.04 Å². The summed E-state index contributed by atoms with van der Waals surface area (Å²) in [6.07, 6.45) is 4.62. The van der Waals surface area contributed by atoms with Crippen LogP contribution in [0, 0.1) is 0 Å². The number of carbonyl (C=O) groups is 1. The summed E-state index contributed by atoms with van der Waals surface area (Å²) in [7, 11) is 3.96. The highest BCUT2D eigenvalue weighted by molar-refractivity contribution is 5.92. The van der Waals surface area contributed by atoms with Crippen LogP contribution in [-0.4, -0.2) is 39.7 Å². The molecule has 22 heavy (non-hydrogen) atoms. The maximum atomic E-state index is 11.9. The van der Waals surface area contributed by atoms with Gasteiger partial charge in [0.1, 0.15) is 24.5 Å². The highest BCUT2D eigenvalue weighted by atomic mass is 16.3. The van der Waals surface area contributed by atoms with Crippen molar-refractivity contribution in [1.82, 2.24) is 14.8 Å². The van der Waals surface area contributed by atoms with Gasteiger partial charge < -0.3 is 10.0 Å². The summed E-state index contributed by atoms with van der Waals surface area (Å²) in [5, 5.41) is 14.4. The Hall–Kier alpha value is -2.63. The number of anilines is 1. The molecule has 2 aromatic rings. The molecule has 0 saturated heterocycles. The molecule has 1 aromatic heterocycles. The zero-order valence-electron chi connectivity index (χ0n) is 12.5. The number of hydrogen-bond donors (Lipinski definition) is 1. The molecule has 0 bridgehead atoms. The number of carbonyl (C=O) groups excluding carboxylic acids is 1. The zero-order chi connectivity index (χ0) is 15.7. The molecular weight excluding hydrogens is 280 g/mol. The minimum Gasteiger partial charge on any atom is -0.510 e. The number of rotatable bonds is 3. The van der Waals surface area contributed by atoms with Crippen molar-refractivity contribution in [3.8, 4) is 0 Å². The van der Waals surface area contributed by atoms with E-state index in [0.29, 0.717) is 6.42 Å². The third-order valence-electron chi connectivity index (χ3n) is 3.97. The fourth-order valence-electron chi connectivity index (χ4n) is 2.84. The molecular formula is C16H18N4O2. The van der Waals surface area contributed by atoms with Gasteiger partial charge in [-0.15, -0.1) is 0 Å². The molecule has 2 atom stereocenters. The van der Waals surface area contributed by atoms with Gasteiger partial charge in [0.2, 0.25) is 0 Å². The predicted octanol–water partition coefficient (Wildman–Crippen LogP) is 2.08. The molecule has 6 heteroatoms. The van der Waals surface area contributed by atoms with E-state index in [1.54, 1.807) is 11.0 Å². The number of benzene rings is 1. The normalized spacial score (nSPS) is 21.5. The van der Waals surface area contributed by atoms with Crippen molar-refractivity contribution in [3.05, 3.63) is 54.3 Å². The van der Waals surface area contributed by atoms with E-state index in [2.05, 4.69) is 10.1 Å². The van der Waals surface area contributed by atoms with Crippen LogP contribution in [0.5, 0.6) is 0 Å². The van der Waals surface area contributed by atoms with Crippen molar-refractivity contribution >= 4 is 11.5 Å². The maximum absolute atomic E-state index is 11.9. The molecule has 1 aromatic carbocycles. The third kappa shape index (κ3) is 2.59. The van der Waals surface area contributed by atoms with Crippen LogP contribution in [0.3, 0.4) is 0 Å². The Balaban J connectivity index is 1.99. The fourth-order valence-corrected chi connectivity index (χ4v) is 2.84. The molecule has 3 rings (SSSR count). The summed E-state index contributed by atoms with van der Waals surface area (Å²) in [6.45, 7) is 0. The molecule has 1 heterocycles. The van der Waals surface area contributed by atoms with E-state index in [0.717, 1.165) is 11.3 Å². The van der Waals surface area contributed by atoms with Gasteiger partial charge in [-0.2, -0.15) is 5.10 Å². The summed E-state index contributed by atoms with van der Waals surface area (Å²) in [6, 6.07) is 7.61. The average Bonchev–Trinajstić information content (AvgIpc) is 3.00. The lowest BCUT2D eigenvalue weighted by Crippen LogP contribution is -2.27. The van der Waals surface area contributed by atoms with E-state index in [1.807, 2.05) is 43.3 Å². The van der Waals surface area contributed by atoms with E-state index in [1.165, 1.54) is 12.4 Å². The van der Waals surface area contributed by atoms with Gasteiger partial charge in [-0.1, -0.05) is 12.1 Å². The summed E-state index contributed by atoms with van der Waals surface area (Å²) in [5.41, 5.74) is 2.09. The minimum absolute atomic E-state index is 0.0310. The number of aliphatic hydroxyl groups is 1. The van der Waals surface area contributed by atoms with Crippen molar-refractivity contribution in [2.75, 3.05) is 19.0 Å². The minimum atomic E-state index is -0.398. The van der Waals surface area contributed by atoms with Gasteiger partial charge in [0, 0.05) is 38.2 Å². The standard InChI is InChI=1S/C16H18N4O2/c1-19(2)12-5-3-11(4-6-12)14-7-13(21)8-15(22)16(14)20-10-17-9-18-20/h3-6,8-10,14,16,22H,7H2,1-2H3. The Morgan fingerprint density at radius 2 is 2.00 bits per heavy atom. The Morgan fingerprint density at radius 3 is 2.59 bits per heavy atom. The second-order valence-corrected chi connectivity index (χ2v) is 5.65. The Labute approximate surface area is 128 Å². The Bertz CT molecular complexity index is 689. The number of aromatic nitrogens is 3. The van der Waals surface area contributed by atoms with Crippen molar-refractivity contribution in [1.29, 1.82) is 0 Å². The van der Waals surface area contributed by atoms with Gasteiger partial charge in [0.25, 0.3) is 0 Å². The number of aliphatic hydroxyl groups excluding tert-OH is 1. The van der Waals surface area contributed by atoms with Crippen molar-refractivity contribution in [3.63, 3.8) is 0 Å². The smallest absolute Gasteiger partial charge is 0.159 e. The summed E-state index contributed by atoms with van der Waals surface area (Å²) in [5.74, 6) is -0.200. The molecule has 0 radical (unpaired) electrons. The van der Waals surface area contributed by atoms with Gasteiger partial charge >= 0.3 is 0 Å². The molecule has 0 spiro atoms. The van der Waals surface area contributed by atoms with Crippen molar-refractivity contribution < 1.29 is 9.90 Å². The molecule has 2 unspecified atom stereocenters. The maximum Gasteiger partial charge on any atom is 0.159 e. The van der Waals surface area contributed by atoms with Gasteiger partial charge in [0.05, 0.1) is 0 Å². The molecule has 0 saturated carbocycles. The summed E-state index contributed by atoms with van der Waals surface area (Å²) >= 11 is 0. The highest BCUT2D eigenvalue weighted by Gasteiger charge is 2.34. The lowest BCUT2D eigenvalue weighted by Gasteiger charge is -2.29. The third-order valence-corrected chi connectivity index (χ3v) is 3.97. The topological polar surface area (TPSA) is 71.2 Å². The molecule has 1 aliphatic carbocycles. The number of hydrogen-bond acceptors (Lipinski definition) is 5. The summed E-state index contributed by atoms with van der Waals surface area (Å²) < 4.78 is 1.60. The quantitative estimate of drug-likeness (QED) is 0.939. The molecule has 0 fully saturated rings. The SMILES string of the molecule is CN(C)c1ccc(C2CC(=O)C=C(O)C2n2cncn2)cc1. The van der Waals surface area contributed by atoms with E-state index in [9.17, 15) is 9.90 Å². The monoisotopic (exact) mass is 298 g/mol. The number of allylic oxidation sites excluding steroid dienone is 2. The van der Waals surface area contributed by atoms with E-state index in [-0.39, 0.29) is 17.5 Å². The van der Waals surface area contributed by atoms with Gasteiger partial charge in [0.15, 0.2) is 5.78 Å². The largest absolute Gasteiger partial charge is 0.510 e. The number of ketones is 1. The van der Waals surface area contributed by atoms with Crippen LogP contribution in [0.2, 0.25) is 0 Å². The molecule has 114 valence electrons. The molecule has 1 N–H and O–H groups in total. The van der Waals surface area contributed by atoms with Crippen molar-refractivity contribution in [2.45, 2.75) is 18.4 Å². The van der Waals surface area contributed by atoms with Crippen LogP contribution >= 0.6 is 0 Å². The molecule has 0 aliphatic heterocycles. The molecule has 6 nitrogen and oxygen atoms in total. The average molecular weight is 298 g/mol. The second-order valence-electron chi connectivity index (χ2n) is 5.65. The van der Waals surface area contributed by atoms with E-state index >= 15 is 0 Å². The molecule has 1 aliphatic rings. The van der Waals surface area contributed by atoms with Gasteiger partial charge in [-0.05, 0) is 17.7 Å². The fraction of sp³-hybridized carbons (Fsp3) is 0.312.